The van der Waals surface area contributed by atoms with Crippen molar-refractivity contribution in [2.45, 2.75) is 44.0 Å². The standard InChI is InChI=1S/C18H18F3N5O/c19-18(20,21)13-7-8-14(23-10-3-5-11(27)6-4-10)24-16(13)15-12-2-1-9-22-17(12)26-25-15/h1-2,7-11,27H,3-6H2,(H,23,24)(H,22,25,26). The van der Waals surface area contributed by atoms with E-state index in [0.717, 1.165) is 18.9 Å². The Hall–Kier alpha value is -2.68. The van der Waals surface area contributed by atoms with Crippen LogP contribution in [0.4, 0.5) is 19.0 Å². The van der Waals surface area contributed by atoms with E-state index in [1.54, 1.807) is 12.1 Å². The molecule has 3 N–H and O–H groups in total. The van der Waals surface area contributed by atoms with Gasteiger partial charge in [0.05, 0.1) is 17.4 Å². The lowest BCUT2D eigenvalue weighted by Crippen LogP contribution is -2.28. The van der Waals surface area contributed by atoms with Crippen molar-refractivity contribution in [1.82, 2.24) is 20.2 Å². The minimum atomic E-state index is -4.55. The van der Waals surface area contributed by atoms with E-state index >= 15 is 0 Å². The minimum absolute atomic E-state index is 0.0747. The quantitative estimate of drug-likeness (QED) is 0.647. The second-order valence-corrected chi connectivity index (χ2v) is 6.71. The number of aromatic nitrogens is 4. The van der Waals surface area contributed by atoms with Crippen LogP contribution in [-0.4, -0.2) is 37.4 Å². The number of aromatic amines is 1. The van der Waals surface area contributed by atoms with Gasteiger partial charge >= 0.3 is 6.18 Å². The molecule has 0 spiro atoms. The molecule has 0 bridgehead atoms. The number of halogens is 3. The van der Waals surface area contributed by atoms with Gasteiger partial charge in [0, 0.05) is 17.6 Å². The zero-order valence-electron chi connectivity index (χ0n) is 14.3. The molecule has 0 aromatic carbocycles. The van der Waals surface area contributed by atoms with Gasteiger partial charge in [-0.05, 0) is 49.9 Å². The number of rotatable bonds is 3. The van der Waals surface area contributed by atoms with Crippen molar-refractivity contribution < 1.29 is 18.3 Å². The summed E-state index contributed by atoms with van der Waals surface area (Å²) in [5, 5.41) is 19.9. The molecule has 0 saturated heterocycles. The van der Waals surface area contributed by atoms with E-state index < -0.39 is 11.7 Å². The predicted octanol–water partition coefficient (Wildman–Crippen LogP) is 3.75. The molecule has 0 radical (unpaired) electrons. The number of alkyl halides is 3. The van der Waals surface area contributed by atoms with Crippen molar-refractivity contribution in [1.29, 1.82) is 0 Å². The lowest BCUT2D eigenvalue weighted by molar-refractivity contribution is -0.137. The van der Waals surface area contributed by atoms with Gasteiger partial charge in [-0.25, -0.2) is 9.97 Å². The highest BCUT2D eigenvalue weighted by molar-refractivity contribution is 5.90. The van der Waals surface area contributed by atoms with E-state index in [1.165, 1.54) is 12.3 Å². The first kappa shape index (κ1) is 17.7. The van der Waals surface area contributed by atoms with Crippen molar-refractivity contribution in [2.75, 3.05) is 5.32 Å². The van der Waals surface area contributed by atoms with E-state index in [0.29, 0.717) is 29.7 Å². The van der Waals surface area contributed by atoms with Crippen molar-refractivity contribution >= 4 is 16.9 Å². The minimum Gasteiger partial charge on any atom is -0.393 e. The van der Waals surface area contributed by atoms with Gasteiger partial charge in [-0.1, -0.05) is 0 Å². The van der Waals surface area contributed by atoms with Crippen LogP contribution in [0.5, 0.6) is 0 Å². The van der Waals surface area contributed by atoms with Gasteiger partial charge in [0.2, 0.25) is 0 Å². The zero-order valence-corrected chi connectivity index (χ0v) is 14.3. The summed E-state index contributed by atoms with van der Waals surface area (Å²) in [6.45, 7) is 0. The normalized spacial score (nSPS) is 20.7. The fourth-order valence-electron chi connectivity index (χ4n) is 3.42. The molecule has 0 atom stereocenters. The summed E-state index contributed by atoms with van der Waals surface area (Å²) in [7, 11) is 0. The fourth-order valence-corrected chi connectivity index (χ4v) is 3.42. The third-order valence-corrected chi connectivity index (χ3v) is 4.82. The summed E-state index contributed by atoms with van der Waals surface area (Å²) >= 11 is 0. The molecule has 142 valence electrons. The summed E-state index contributed by atoms with van der Waals surface area (Å²) in [4.78, 5) is 8.30. The molecule has 3 aromatic rings. The number of aliphatic hydroxyl groups is 1. The predicted molar refractivity (Wildman–Crippen MR) is 94.0 cm³/mol. The largest absolute Gasteiger partial charge is 0.418 e. The molecule has 1 fully saturated rings. The van der Waals surface area contributed by atoms with Gasteiger partial charge in [0.1, 0.15) is 11.5 Å². The molecular formula is C18H18F3N5O. The molecule has 3 aromatic heterocycles. The first-order valence-electron chi connectivity index (χ1n) is 8.74. The van der Waals surface area contributed by atoms with Crippen LogP contribution in [0.15, 0.2) is 30.5 Å². The highest BCUT2D eigenvalue weighted by Crippen LogP contribution is 2.38. The Kier molecular flexibility index (Phi) is 4.47. The first-order valence-corrected chi connectivity index (χ1v) is 8.74. The van der Waals surface area contributed by atoms with Crippen LogP contribution in [0, 0.1) is 0 Å². The smallest absolute Gasteiger partial charge is 0.393 e. The van der Waals surface area contributed by atoms with Crippen LogP contribution in [0.3, 0.4) is 0 Å². The van der Waals surface area contributed by atoms with Crippen LogP contribution in [0.25, 0.3) is 22.4 Å². The Morgan fingerprint density at radius 1 is 1.11 bits per heavy atom. The van der Waals surface area contributed by atoms with E-state index in [1.807, 2.05) is 0 Å². The highest BCUT2D eigenvalue weighted by atomic mass is 19.4. The van der Waals surface area contributed by atoms with Gasteiger partial charge < -0.3 is 10.4 Å². The number of nitrogens with zero attached hydrogens (tertiary/aromatic N) is 3. The summed E-state index contributed by atoms with van der Waals surface area (Å²) in [5.41, 5.74) is -0.518. The molecule has 0 unspecified atom stereocenters. The van der Waals surface area contributed by atoms with Gasteiger partial charge in [0.15, 0.2) is 5.65 Å². The lowest BCUT2D eigenvalue weighted by atomic mass is 9.93. The van der Waals surface area contributed by atoms with Gasteiger partial charge in [-0.3, -0.25) is 5.10 Å². The van der Waals surface area contributed by atoms with Crippen LogP contribution in [0.2, 0.25) is 0 Å². The molecule has 0 amide bonds. The fraction of sp³-hybridized carbons (Fsp3) is 0.389. The maximum absolute atomic E-state index is 13.5. The average molecular weight is 377 g/mol. The van der Waals surface area contributed by atoms with Crippen molar-refractivity contribution in [3.05, 3.63) is 36.0 Å². The van der Waals surface area contributed by atoms with Crippen LogP contribution in [-0.2, 0) is 6.18 Å². The van der Waals surface area contributed by atoms with E-state index in [2.05, 4.69) is 25.5 Å². The Morgan fingerprint density at radius 3 is 2.63 bits per heavy atom. The summed E-state index contributed by atoms with van der Waals surface area (Å²) in [5.74, 6) is 0.367. The van der Waals surface area contributed by atoms with E-state index in [4.69, 9.17) is 0 Å². The second kappa shape index (κ2) is 6.80. The molecule has 1 aliphatic carbocycles. The van der Waals surface area contributed by atoms with Gasteiger partial charge in [-0.2, -0.15) is 18.3 Å². The highest BCUT2D eigenvalue weighted by Gasteiger charge is 2.36. The number of fused-ring (bicyclic) bond motifs is 1. The molecule has 4 rings (SSSR count). The molecular weight excluding hydrogens is 359 g/mol. The Bertz CT molecular complexity index is 948. The van der Waals surface area contributed by atoms with E-state index in [9.17, 15) is 18.3 Å². The first-order chi connectivity index (χ1) is 12.9. The summed E-state index contributed by atoms with van der Waals surface area (Å²) < 4.78 is 40.6. The Balaban J connectivity index is 1.74. The number of nitrogens with one attached hydrogen (secondary N) is 2. The molecule has 0 aliphatic heterocycles. The molecule has 1 aliphatic rings. The third-order valence-electron chi connectivity index (χ3n) is 4.82. The number of aliphatic hydroxyl groups excluding tert-OH is 1. The van der Waals surface area contributed by atoms with Gasteiger partial charge in [-0.15, -0.1) is 0 Å². The molecule has 27 heavy (non-hydrogen) atoms. The van der Waals surface area contributed by atoms with Gasteiger partial charge in [0.25, 0.3) is 0 Å². The van der Waals surface area contributed by atoms with Crippen molar-refractivity contribution in [3.8, 4) is 11.4 Å². The van der Waals surface area contributed by atoms with Crippen LogP contribution < -0.4 is 5.32 Å². The van der Waals surface area contributed by atoms with Crippen molar-refractivity contribution in [2.24, 2.45) is 0 Å². The number of hydrogen-bond acceptors (Lipinski definition) is 5. The van der Waals surface area contributed by atoms with Crippen LogP contribution in [0.1, 0.15) is 31.2 Å². The second-order valence-electron chi connectivity index (χ2n) is 6.71. The number of hydrogen-bond donors (Lipinski definition) is 3. The Morgan fingerprint density at radius 2 is 1.89 bits per heavy atom. The number of H-pyrrole nitrogens is 1. The lowest BCUT2D eigenvalue weighted by Gasteiger charge is -2.27. The van der Waals surface area contributed by atoms with Crippen LogP contribution >= 0.6 is 0 Å². The molecule has 3 heterocycles. The van der Waals surface area contributed by atoms with Crippen molar-refractivity contribution in [3.63, 3.8) is 0 Å². The number of pyridine rings is 2. The molecule has 6 nitrogen and oxygen atoms in total. The number of anilines is 1. The maximum Gasteiger partial charge on any atom is 0.418 e. The third kappa shape index (κ3) is 3.59. The summed E-state index contributed by atoms with van der Waals surface area (Å²) in [6.07, 6.45) is -0.491. The molecule has 1 saturated carbocycles. The summed E-state index contributed by atoms with van der Waals surface area (Å²) in [6, 6.07) is 5.75. The average Bonchev–Trinajstić information content (AvgIpc) is 3.07. The SMILES string of the molecule is OC1CCC(Nc2ccc(C(F)(F)F)c(-c3[nH]nc4ncccc34)n2)CC1. The van der Waals surface area contributed by atoms with E-state index in [-0.39, 0.29) is 23.5 Å². The maximum atomic E-state index is 13.5. The molecule has 9 heteroatoms. The monoisotopic (exact) mass is 377 g/mol. The topological polar surface area (TPSA) is 86.7 Å². The zero-order chi connectivity index (χ0) is 19.0. The Labute approximate surface area is 152 Å².